The van der Waals surface area contributed by atoms with Crippen LogP contribution in [0, 0.1) is 13.8 Å². The quantitative estimate of drug-likeness (QED) is 0.820. The van der Waals surface area contributed by atoms with E-state index in [0.717, 1.165) is 17.7 Å². The number of sulfonamides is 1. The molecule has 2 aromatic rings. The lowest BCUT2D eigenvalue weighted by Gasteiger charge is -2.27. The minimum absolute atomic E-state index is 0.0824. The van der Waals surface area contributed by atoms with Crippen molar-refractivity contribution in [3.8, 4) is 0 Å². The van der Waals surface area contributed by atoms with Crippen molar-refractivity contribution >= 4 is 21.6 Å². The van der Waals surface area contributed by atoms with Crippen molar-refractivity contribution in [2.24, 2.45) is 0 Å². The fourth-order valence-corrected chi connectivity index (χ4v) is 5.93. The van der Waals surface area contributed by atoms with Gasteiger partial charge in [-0.2, -0.15) is 4.31 Å². The Labute approximate surface area is 152 Å². The number of amides is 1. The first-order chi connectivity index (χ1) is 12.4. The highest BCUT2D eigenvalue weighted by molar-refractivity contribution is 7.89. The van der Waals surface area contributed by atoms with Crippen LogP contribution in [0.1, 0.15) is 29.9 Å². The number of anilines is 1. The third-order valence-electron chi connectivity index (χ3n) is 5.18. The summed E-state index contributed by atoms with van der Waals surface area (Å²) in [4.78, 5) is 15.0. The van der Waals surface area contributed by atoms with Gasteiger partial charge < -0.3 is 9.42 Å². The van der Waals surface area contributed by atoms with Gasteiger partial charge in [-0.05, 0) is 44.7 Å². The number of carbonyl (C=O) groups is 1. The van der Waals surface area contributed by atoms with Crippen LogP contribution in [0.3, 0.4) is 0 Å². The fourth-order valence-electron chi connectivity index (χ4n) is 3.98. The zero-order chi connectivity index (χ0) is 18.5. The predicted molar refractivity (Wildman–Crippen MR) is 95.4 cm³/mol. The molecule has 1 atom stereocenters. The van der Waals surface area contributed by atoms with Crippen LogP contribution < -0.4 is 4.90 Å². The lowest BCUT2D eigenvalue weighted by atomic mass is 10.1. The Balaban J connectivity index is 1.67. The van der Waals surface area contributed by atoms with Crippen molar-refractivity contribution in [3.05, 3.63) is 41.3 Å². The molecule has 3 heterocycles. The molecular formula is C18H21N3O4S. The minimum atomic E-state index is -3.83. The Morgan fingerprint density at radius 3 is 2.73 bits per heavy atom. The first-order valence-electron chi connectivity index (χ1n) is 8.75. The number of para-hydroxylation sites is 1. The van der Waals surface area contributed by atoms with Crippen LogP contribution in [0.25, 0.3) is 0 Å². The van der Waals surface area contributed by atoms with Crippen LogP contribution in [-0.2, 0) is 21.2 Å². The third-order valence-corrected chi connectivity index (χ3v) is 7.33. The Morgan fingerprint density at radius 2 is 2.00 bits per heavy atom. The van der Waals surface area contributed by atoms with Crippen molar-refractivity contribution in [1.82, 2.24) is 9.46 Å². The number of carbonyl (C=O) groups excluding carboxylic acids is 1. The number of nitrogens with zero attached hydrogens (tertiary/aromatic N) is 3. The highest BCUT2D eigenvalue weighted by Crippen LogP contribution is 2.34. The maximum absolute atomic E-state index is 13.2. The standard InChI is InChI=1S/C18H21N3O4S/c1-12-17(13(2)25-19-12)26(23,24)21-10-5-8-16(21)18(22)20-11-9-14-6-3-4-7-15(14)20/h3-4,6-7,16H,5,8-11H2,1-2H3/t16-/m0/s1. The van der Waals surface area contributed by atoms with Gasteiger partial charge in [-0.15, -0.1) is 0 Å². The average molecular weight is 375 g/mol. The molecule has 1 saturated heterocycles. The molecule has 0 aliphatic carbocycles. The minimum Gasteiger partial charge on any atom is -0.360 e. The average Bonchev–Trinajstić information content (AvgIpc) is 3.32. The van der Waals surface area contributed by atoms with E-state index in [1.165, 1.54) is 4.31 Å². The van der Waals surface area contributed by atoms with Gasteiger partial charge in [0.05, 0.1) is 0 Å². The van der Waals surface area contributed by atoms with Gasteiger partial charge in [-0.1, -0.05) is 23.4 Å². The zero-order valence-corrected chi connectivity index (χ0v) is 15.6. The topological polar surface area (TPSA) is 83.7 Å². The zero-order valence-electron chi connectivity index (χ0n) is 14.8. The number of hydrogen-bond donors (Lipinski definition) is 0. The molecule has 26 heavy (non-hydrogen) atoms. The van der Waals surface area contributed by atoms with Crippen molar-refractivity contribution < 1.29 is 17.7 Å². The number of fused-ring (bicyclic) bond motifs is 1. The van der Waals surface area contributed by atoms with Gasteiger partial charge in [-0.25, -0.2) is 8.42 Å². The summed E-state index contributed by atoms with van der Waals surface area (Å²) < 4.78 is 32.7. The van der Waals surface area contributed by atoms with E-state index in [2.05, 4.69) is 5.16 Å². The van der Waals surface area contributed by atoms with Crippen molar-refractivity contribution in [2.75, 3.05) is 18.0 Å². The maximum atomic E-state index is 13.2. The van der Waals surface area contributed by atoms with Gasteiger partial charge in [0.15, 0.2) is 5.76 Å². The van der Waals surface area contributed by atoms with Crippen molar-refractivity contribution in [2.45, 2.75) is 44.0 Å². The second kappa shape index (κ2) is 6.21. The first kappa shape index (κ1) is 17.2. The Kier molecular flexibility index (Phi) is 4.11. The van der Waals surface area contributed by atoms with Crippen LogP contribution in [-0.4, -0.2) is 42.9 Å². The largest absolute Gasteiger partial charge is 0.360 e. The highest BCUT2D eigenvalue weighted by Gasteiger charge is 2.44. The van der Waals surface area contributed by atoms with Gasteiger partial charge in [0, 0.05) is 18.8 Å². The molecule has 4 rings (SSSR count). The molecule has 0 spiro atoms. The molecule has 1 aromatic heterocycles. The van der Waals surface area contributed by atoms with Crippen molar-refractivity contribution in [1.29, 1.82) is 0 Å². The maximum Gasteiger partial charge on any atom is 0.249 e. The molecule has 2 aliphatic heterocycles. The van der Waals surface area contributed by atoms with Gasteiger partial charge in [0.25, 0.3) is 0 Å². The molecule has 1 amide bonds. The second-order valence-electron chi connectivity index (χ2n) is 6.80. The van der Waals surface area contributed by atoms with E-state index in [4.69, 9.17) is 4.52 Å². The van der Waals surface area contributed by atoms with E-state index in [1.807, 2.05) is 24.3 Å². The molecule has 0 saturated carbocycles. The monoisotopic (exact) mass is 375 g/mol. The molecule has 0 N–H and O–H groups in total. The van der Waals surface area contributed by atoms with Crippen LogP contribution >= 0.6 is 0 Å². The summed E-state index contributed by atoms with van der Waals surface area (Å²) in [6.07, 6.45) is 1.99. The van der Waals surface area contributed by atoms with Gasteiger partial charge >= 0.3 is 0 Å². The smallest absolute Gasteiger partial charge is 0.249 e. The van der Waals surface area contributed by atoms with Crippen LogP contribution in [0.5, 0.6) is 0 Å². The Hall–Kier alpha value is -2.19. The second-order valence-corrected chi connectivity index (χ2v) is 8.62. The normalized spacial score (nSPS) is 20.5. The van der Waals surface area contributed by atoms with E-state index < -0.39 is 16.1 Å². The van der Waals surface area contributed by atoms with Crippen LogP contribution in [0.2, 0.25) is 0 Å². The van der Waals surface area contributed by atoms with Crippen molar-refractivity contribution in [3.63, 3.8) is 0 Å². The summed E-state index contributed by atoms with van der Waals surface area (Å²) in [6.45, 7) is 4.11. The van der Waals surface area contributed by atoms with E-state index in [0.29, 0.717) is 31.6 Å². The number of aryl methyl sites for hydroxylation is 2. The molecule has 8 heteroatoms. The van der Waals surface area contributed by atoms with E-state index in [1.54, 1.807) is 18.7 Å². The lowest BCUT2D eigenvalue weighted by molar-refractivity contribution is -0.121. The molecular weight excluding hydrogens is 354 g/mol. The summed E-state index contributed by atoms with van der Waals surface area (Å²) in [5.41, 5.74) is 2.34. The summed E-state index contributed by atoms with van der Waals surface area (Å²) >= 11 is 0. The Bertz CT molecular complexity index is 947. The first-order valence-corrected chi connectivity index (χ1v) is 10.2. The number of benzene rings is 1. The molecule has 7 nitrogen and oxygen atoms in total. The molecule has 1 aromatic carbocycles. The SMILES string of the molecule is Cc1noc(C)c1S(=O)(=O)N1CCC[C@H]1C(=O)N1CCc2ccccc21. The number of hydrogen-bond acceptors (Lipinski definition) is 5. The summed E-state index contributed by atoms with van der Waals surface area (Å²) in [6, 6.07) is 7.10. The molecule has 0 unspecified atom stereocenters. The summed E-state index contributed by atoms with van der Waals surface area (Å²) in [5, 5.41) is 3.75. The lowest BCUT2D eigenvalue weighted by Crippen LogP contribution is -2.47. The fraction of sp³-hybridized carbons (Fsp3) is 0.444. The van der Waals surface area contributed by atoms with Gasteiger partial charge in [0.1, 0.15) is 16.6 Å². The molecule has 2 aliphatic rings. The van der Waals surface area contributed by atoms with E-state index >= 15 is 0 Å². The Morgan fingerprint density at radius 1 is 1.23 bits per heavy atom. The number of rotatable bonds is 3. The molecule has 138 valence electrons. The molecule has 1 fully saturated rings. The van der Waals surface area contributed by atoms with Gasteiger partial charge in [-0.3, -0.25) is 4.79 Å². The van der Waals surface area contributed by atoms with Crippen LogP contribution in [0.4, 0.5) is 5.69 Å². The summed E-state index contributed by atoms with van der Waals surface area (Å²) in [5.74, 6) is 0.106. The van der Waals surface area contributed by atoms with E-state index in [9.17, 15) is 13.2 Å². The number of aromatic nitrogens is 1. The molecule has 0 bridgehead atoms. The van der Waals surface area contributed by atoms with Crippen LogP contribution in [0.15, 0.2) is 33.7 Å². The van der Waals surface area contributed by atoms with Gasteiger partial charge in [0.2, 0.25) is 15.9 Å². The predicted octanol–water partition coefficient (Wildman–Crippen LogP) is 2.03. The highest BCUT2D eigenvalue weighted by atomic mass is 32.2. The molecule has 0 radical (unpaired) electrons. The van der Waals surface area contributed by atoms with E-state index in [-0.39, 0.29) is 16.6 Å². The summed E-state index contributed by atoms with van der Waals surface area (Å²) in [7, 11) is -3.83. The third kappa shape index (κ3) is 2.55.